The highest BCUT2D eigenvalue weighted by Gasteiger charge is 2.60. The molecule has 1 aromatic carbocycles. The summed E-state index contributed by atoms with van der Waals surface area (Å²) in [6.45, 7) is 7.58. The number of fused-ring (bicyclic) bond motifs is 1. The van der Waals surface area contributed by atoms with E-state index in [2.05, 4.69) is 12.2 Å². The maximum absolute atomic E-state index is 13.1. The minimum absolute atomic E-state index is 0.0315. The number of aliphatic hydroxyl groups is 2. The summed E-state index contributed by atoms with van der Waals surface area (Å²) in [5.74, 6) is 1.91. The van der Waals surface area contributed by atoms with E-state index in [1.807, 2.05) is 54.8 Å². The number of hydrogen-bond donors (Lipinski definition) is 3. The van der Waals surface area contributed by atoms with E-state index in [1.165, 1.54) is 0 Å². The lowest BCUT2D eigenvalue weighted by atomic mass is 9.46. The average molecular weight is 505 g/mol. The number of benzene rings is 1. The molecule has 6 unspecified atom stereocenters. The van der Waals surface area contributed by atoms with Crippen molar-refractivity contribution in [2.75, 3.05) is 36.5 Å². The number of nitrogens with one attached hydrogen (secondary N) is 1. The monoisotopic (exact) mass is 504 g/mol. The Bertz CT molecular complexity index is 905. The Morgan fingerprint density at radius 3 is 2.49 bits per heavy atom. The molecule has 0 bridgehead atoms. The summed E-state index contributed by atoms with van der Waals surface area (Å²) in [6.07, 6.45) is 1.48. The molecule has 1 heterocycles. The highest BCUT2D eigenvalue weighted by Crippen LogP contribution is 2.61. The van der Waals surface area contributed by atoms with Crippen molar-refractivity contribution >= 4 is 29.4 Å². The molecule has 2 aliphatic carbocycles. The van der Waals surface area contributed by atoms with E-state index in [0.29, 0.717) is 24.9 Å². The fourth-order valence-electron chi connectivity index (χ4n) is 6.82. The first-order valence-electron chi connectivity index (χ1n) is 12.9. The van der Waals surface area contributed by atoms with Gasteiger partial charge in [-0.3, -0.25) is 10.1 Å². The second-order valence-electron chi connectivity index (χ2n) is 11.1. The largest absolute Gasteiger partial charge is 0.445 e. The number of carbonyl (C=O) groups excluding carboxylic acids is 2. The number of thioether (sulfide) groups is 1. The summed E-state index contributed by atoms with van der Waals surface area (Å²) in [7, 11) is 0. The van der Waals surface area contributed by atoms with Crippen molar-refractivity contribution in [1.29, 1.82) is 0 Å². The Balaban J connectivity index is 1.48. The van der Waals surface area contributed by atoms with Gasteiger partial charge in [0.2, 0.25) is 5.91 Å². The van der Waals surface area contributed by atoms with E-state index in [9.17, 15) is 19.8 Å². The van der Waals surface area contributed by atoms with E-state index in [4.69, 9.17) is 4.74 Å². The first-order valence-corrected chi connectivity index (χ1v) is 14.0. The lowest BCUT2D eigenvalue weighted by Crippen LogP contribution is -2.61. The van der Waals surface area contributed by atoms with E-state index in [0.717, 1.165) is 43.0 Å². The second kappa shape index (κ2) is 10.7. The molecule has 6 atom stereocenters. The number of aliphatic hydroxyl groups excluding tert-OH is 2. The third kappa shape index (κ3) is 5.35. The van der Waals surface area contributed by atoms with E-state index >= 15 is 0 Å². The summed E-state index contributed by atoms with van der Waals surface area (Å²) >= 11 is 1.87. The molecule has 7 nitrogen and oxygen atoms in total. The summed E-state index contributed by atoms with van der Waals surface area (Å²) < 4.78 is 5.91. The Kier molecular flexibility index (Phi) is 8.03. The Morgan fingerprint density at radius 1 is 1.14 bits per heavy atom. The quantitative estimate of drug-likeness (QED) is 0.559. The van der Waals surface area contributed by atoms with Crippen LogP contribution in [0.1, 0.15) is 51.5 Å². The molecule has 35 heavy (non-hydrogen) atoms. The van der Waals surface area contributed by atoms with Crippen molar-refractivity contribution in [1.82, 2.24) is 4.90 Å². The molecule has 2 amide bonds. The van der Waals surface area contributed by atoms with Gasteiger partial charge in [-0.15, -0.1) is 0 Å². The number of aryl methyl sites for hydroxylation is 1. The molecule has 3 N–H and O–H groups in total. The van der Waals surface area contributed by atoms with Gasteiger partial charge in [0.25, 0.3) is 0 Å². The van der Waals surface area contributed by atoms with Crippen LogP contribution in [0.3, 0.4) is 0 Å². The number of rotatable bonds is 5. The maximum atomic E-state index is 13.1. The highest BCUT2D eigenvalue weighted by atomic mass is 32.2. The normalized spacial score (nSPS) is 35.2. The van der Waals surface area contributed by atoms with Crippen LogP contribution in [0.15, 0.2) is 24.3 Å². The predicted molar refractivity (Wildman–Crippen MR) is 138 cm³/mol. The molecule has 194 valence electrons. The number of nitrogens with zero attached hydrogens (tertiary/aromatic N) is 1. The van der Waals surface area contributed by atoms with E-state index < -0.39 is 23.7 Å². The summed E-state index contributed by atoms with van der Waals surface area (Å²) in [4.78, 5) is 27.8. The molecule has 1 aromatic rings. The smallest absolute Gasteiger partial charge is 0.411 e. The highest BCUT2D eigenvalue weighted by molar-refractivity contribution is 7.99. The van der Waals surface area contributed by atoms with Crippen molar-refractivity contribution < 1.29 is 24.5 Å². The van der Waals surface area contributed by atoms with Crippen LogP contribution in [0.2, 0.25) is 0 Å². The number of carbonyl (C=O) groups is 2. The standard InChI is InChI=1S/C27H40N2O5S/c1-18-4-6-19(7-5-18)28-25(33)34-23-10-11-26(2)20(16-24(32)29-12-14-35-15-13-29)21(31)8-9-22(26)27(23,3)17-30/h4-7,20-23,30-31H,8-17H2,1-3H3,(H,28,33). The molecule has 0 radical (unpaired) electrons. The summed E-state index contributed by atoms with van der Waals surface area (Å²) in [5.41, 5.74) is 0.807. The zero-order chi connectivity index (χ0) is 25.2. The van der Waals surface area contributed by atoms with Gasteiger partial charge in [0.1, 0.15) is 6.10 Å². The van der Waals surface area contributed by atoms with Gasteiger partial charge in [-0.1, -0.05) is 31.5 Å². The molecule has 2 saturated carbocycles. The third-order valence-electron chi connectivity index (χ3n) is 8.98. The van der Waals surface area contributed by atoms with Crippen LogP contribution in [-0.4, -0.2) is 70.5 Å². The Morgan fingerprint density at radius 2 is 1.83 bits per heavy atom. The van der Waals surface area contributed by atoms with Crippen molar-refractivity contribution in [3.05, 3.63) is 29.8 Å². The van der Waals surface area contributed by atoms with Crippen molar-refractivity contribution in [3.63, 3.8) is 0 Å². The molecule has 4 rings (SSSR count). The van der Waals surface area contributed by atoms with Crippen LogP contribution in [0.4, 0.5) is 10.5 Å². The van der Waals surface area contributed by atoms with Crippen molar-refractivity contribution in [2.45, 2.75) is 65.1 Å². The minimum atomic E-state index is -0.652. The molecule has 1 aliphatic heterocycles. The number of amides is 2. The molecule has 0 spiro atoms. The number of ether oxygens (including phenoxy) is 1. The number of hydrogen-bond acceptors (Lipinski definition) is 6. The minimum Gasteiger partial charge on any atom is -0.445 e. The third-order valence-corrected chi connectivity index (χ3v) is 9.92. The van der Waals surface area contributed by atoms with Gasteiger partial charge in [0.15, 0.2) is 0 Å². The topological polar surface area (TPSA) is 99.1 Å². The molecule has 3 fully saturated rings. The first-order chi connectivity index (χ1) is 16.7. The molecule has 3 aliphatic rings. The van der Waals surface area contributed by atoms with Crippen LogP contribution < -0.4 is 5.32 Å². The molecular formula is C27H40N2O5S. The fraction of sp³-hybridized carbons (Fsp3) is 0.704. The van der Waals surface area contributed by atoms with Crippen LogP contribution in [0.25, 0.3) is 0 Å². The van der Waals surface area contributed by atoms with Crippen molar-refractivity contribution in [3.8, 4) is 0 Å². The van der Waals surface area contributed by atoms with Crippen LogP contribution in [0.5, 0.6) is 0 Å². The first kappa shape index (κ1) is 26.3. The SMILES string of the molecule is Cc1ccc(NC(=O)OC2CCC3(C)C(CC(=O)N4CCSCC4)C(O)CCC3C2(C)CO)cc1. The van der Waals surface area contributed by atoms with Gasteiger partial charge < -0.3 is 19.8 Å². The Hall–Kier alpha value is -1.77. The lowest BCUT2D eigenvalue weighted by Gasteiger charge is -2.60. The van der Waals surface area contributed by atoms with Gasteiger partial charge in [0.05, 0.1) is 12.7 Å². The summed E-state index contributed by atoms with van der Waals surface area (Å²) in [6, 6.07) is 7.53. The van der Waals surface area contributed by atoms with Gasteiger partial charge in [-0.2, -0.15) is 11.8 Å². The molecule has 8 heteroatoms. The fourth-order valence-corrected chi connectivity index (χ4v) is 7.73. The average Bonchev–Trinajstić information content (AvgIpc) is 2.85. The van der Waals surface area contributed by atoms with Crippen LogP contribution in [0, 0.1) is 29.6 Å². The van der Waals surface area contributed by atoms with Crippen LogP contribution >= 0.6 is 11.8 Å². The van der Waals surface area contributed by atoms with E-state index in [-0.39, 0.29) is 29.8 Å². The van der Waals surface area contributed by atoms with Crippen LogP contribution in [-0.2, 0) is 9.53 Å². The zero-order valence-electron chi connectivity index (χ0n) is 21.2. The van der Waals surface area contributed by atoms with E-state index in [1.54, 1.807) is 0 Å². The van der Waals surface area contributed by atoms with Gasteiger partial charge in [-0.05, 0) is 62.0 Å². The molecule has 1 saturated heterocycles. The van der Waals surface area contributed by atoms with Gasteiger partial charge in [0, 0.05) is 42.1 Å². The van der Waals surface area contributed by atoms with Gasteiger partial charge >= 0.3 is 6.09 Å². The van der Waals surface area contributed by atoms with Crippen molar-refractivity contribution in [2.24, 2.45) is 22.7 Å². The Labute approximate surface area is 213 Å². The lowest BCUT2D eigenvalue weighted by molar-refractivity contribution is -0.186. The second-order valence-corrected chi connectivity index (χ2v) is 12.3. The molecular weight excluding hydrogens is 464 g/mol. The summed E-state index contributed by atoms with van der Waals surface area (Å²) in [5, 5.41) is 24.4. The predicted octanol–water partition coefficient (Wildman–Crippen LogP) is 4.06. The molecule has 0 aromatic heterocycles. The van der Waals surface area contributed by atoms with Gasteiger partial charge in [-0.25, -0.2) is 4.79 Å². The number of anilines is 1. The zero-order valence-corrected chi connectivity index (χ0v) is 22.0. The maximum Gasteiger partial charge on any atom is 0.411 e.